The third-order valence-electron chi connectivity index (χ3n) is 6.91. The van der Waals surface area contributed by atoms with Crippen molar-refractivity contribution in [3.05, 3.63) is 53.0 Å². The maximum Gasteiger partial charge on any atom is 0.421 e. The van der Waals surface area contributed by atoms with Crippen LogP contribution in [0.25, 0.3) is 0 Å². The number of sulfonamides is 1. The van der Waals surface area contributed by atoms with E-state index in [9.17, 15) is 26.7 Å². The minimum atomic E-state index is -4.81. The van der Waals surface area contributed by atoms with Crippen LogP contribution in [-0.2, 0) is 20.4 Å². The highest BCUT2D eigenvalue weighted by molar-refractivity contribution is 7.96. The number of allylic oxidation sites excluding steroid dienone is 4. The van der Waals surface area contributed by atoms with Crippen LogP contribution in [0.15, 0.2) is 47.4 Å². The monoisotopic (exact) mass is 545 g/mol. The van der Waals surface area contributed by atoms with Crippen molar-refractivity contribution in [2.45, 2.75) is 31.2 Å². The lowest BCUT2D eigenvalue weighted by atomic mass is 9.95. The summed E-state index contributed by atoms with van der Waals surface area (Å²) in [5.41, 5.74) is -2.55. The molecule has 1 aromatic carbocycles. The fourth-order valence-electron chi connectivity index (χ4n) is 4.66. The molecule has 0 radical (unpaired) electrons. The Morgan fingerprint density at radius 1 is 1.11 bits per heavy atom. The molecular weight excluding hydrogens is 515 g/mol. The summed E-state index contributed by atoms with van der Waals surface area (Å²) >= 11 is 5.31. The predicted octanol–water partition coefficient (Wildman–Crippen LogP) is 2.82. The maximum atomic E-state index is 13.4. The number of rotatable bonds is 6. The SMILES string of the molecule is C[C@](O)(c1ccc(N2CCN(S(=O)(=O)C3=CC=CCC3=S)C[C@@H]2CN2CCOCC2)cc1)C(F)(F)F. The zero-order valence-corrected chi connectivity index (χ0v) is 21.6. The second kappa shape index (κ2) is 10.5. The topological polar surface area (TPSA) is 73.3 Å². The van der Waals surface area contributed by atoms with Crippen LogP contribution in [0, 0.1) is 0 Å². The van der Waals surface area contributed by atoms with E-state index in [2.05, 4.69) is 4.90 Å². The molecule has 2 atom stereocenters. The van der Waals surface area contributed by atoms with Gasteiger partial charge in [-0.3, -0.25) is 4.90 Å². The van der Waals surface area contributed by atoms with E-state index in [1.165, 1.54) is 22.5 Å². The molecule has 36 heavy (non-hydrogen) atoms. The smallest absolute Gasteiger partial charge is 0.379 e. The molecular formula is C24H30F3N3O4S2. The molecule has 0 amide bonds. The van der Waals surface area contributed by atoms with Gasteiger partial charge in [0.15, 0.2) is 5.60 Å². The van der Waals surface area contributed by atoms with Crippen molar-refractivity contribution in [2.24, 2.45) is 0 Å². The minimum absolute atomic E-state index is 0.150. The molecule has 0 bridgehead atoms. The van der Waals surface area contributed by atoms with Crippen molar-refractivity contribution in [3.8, 4) is 0 Å². The van der Waals surface area contributed by atoms with Gasteiger partial charge in [0.25, 0.3) is 0 Å². The van der Waals surface area contributed by atoms with Gasteiger partial charge in [-0.1, -0.05) is 36.5 Å². The molecule has 0 unspecified atom stereocenters. The molecule has 198 valence electrons. The highest BCUT2D eigenvalue weighted by atomic mass is 32.2. The van der Waals surface area contributed by atoms with Gasteiger partial charge in [-0.2, -0.15) is 17.5 Å². The first-order valence-electron chi connectivity index (χ1n) is 11.8. The van der Waals surface area contributed by atoms with Crippen LogP contribution in [-0.4, -0.2) is 92.3 Å². The molecule has 2 fully saturated rings. The number of thiocarbonyl (C=S) groups is 1. The first kappa shape index (κ1) is 27.2. The highest BCUT2D eigenvalue weighted by Crippen LogP contribution is 2.39. The van der Waals surface area contributed by atoms with Crippen LogP contribution in [0.2, 0.25) is 0 Å². The Morgan fingerprint density at radius 3 is 2.39 bits per heavy atom. The minimum Gasteiger partial charge on any atom is -0.379 e. The molecule has 2 heterocycles. The molecule has 12 heteroatoms. The van der Waals surface area contributed by atoms with Crippen LogP contribution in [0.5, 0.6) is 0 Å². The third kappa shape index (κ3) is 5.53. The molecule has 2 saturated heterocycles. The Bertz CT molecular complexity index is 1130. The van der Waals surface area contributed by atoms with Crippen LogP contribution in [0.4, 0.5) is 18.9 Å². The van der Waals surface area contributed by atoms with Gasteiger partial charge in [-0.05, 0) is 30.7 Å². The van der Waals surface area contributed by atoms with Crippen molar-refractivity contribution in [2.75, 3.05) is 57.4 Å². The summed E-state index contributed by atoms with van der Waals surface area (Å²) in [6, 6.07) is 5.41. The van der Waals surface area contributed by atoms with E-state index < -0.39 is 21.8 Å². The predicted molar refractivity (Wildman–Crippen MR) is 135 cm³/mol. The van der Waals surface area contributed by atoms with E-state index in [1.54, 1.807) is 18.2 Å². The lowest BCUT2D eigenvalue weighted by Gasteiger charge is -2.44. The fraction of sp³-hybridized carbons (Fsp3) is 0.542. The van der Waals surface area contributed by atoms with Crippen LogP contribution in [0.1, 0.15) is 18.9 Å². The normalized spacial score (nSPS) is 24.5. The van der Waals surface area contributed by atoms with Crippen LogP contribution >= 0.6 is 12.2 Å². The van der Waals surface area contributed by atoms with Gasteiger partial charge in [0.2, 0.25) is 10.0 Å². The van der Waals surface area contributed by atoms with Crippen molar-refractivity contribution in [1.29, 1.82) is 0 Å². The summed E-state index contributed by atoms with van der Waals surface area (Å²) in [5, 5.41) is 10.0. The van der Waals surface area contributed by atoms with E-state index in [0.29, 0.717) is 56.4 Å². The lowest BCUT2D eigenvalue weighted by molar-refractivity contribution is -0.258. The summed E-state index contributed by atoms with van der Waals surface area (Å²) < 4.78 is 73.6. The number of benzene rings is 1. The molecule has 0 spiro atoms. The van der Waals surface area contributed by atoms with E-state index in [-0.39, 0.29) is 29.6 Å². The molecule has 0 aromatic heterocycles. The zero-order chi connectivity index (χ0) is 26.1. The maximum absolute atomic E-state index is 13.4. The number of anilines is 1. The van der Waals surface area contributed by atoms with Crippen molar-refractivity contribution < 1.29 is 31.4 Å². The van der Waals surface area contributed by atoms with Gasteiger partial charge in [-0.25, -0.2) is 8.42 Å². The van der Waals surface area contributed by atoms with Crippen molar-refractivity contribution in [1.82, 2.24) is 9.21 Å². The largest absolute Gasteiger partial charge is 0.421 e. The molecule has 4 rings (SSSR count). The number of hydrogen-bond acceptors (Lipinski definition) is 7. The summed E-state index contributed by atoms with van der Waals surface area (Å²) in [4.78, 5) is 4.77. The number of ether oxygens (including phenoxy) is 1. The van der Waals surface area contributed by atoms with E-state index in [4.69, 9.17) is 17.0 Å². The molecule has 3 aliphatic rings. The molecule has 1 N–H and O–H groups in total. The number of aliphatic hydroxyl groups is 1. The number of alkyl halides is 3. The van der Waals surface area contributed by atoms with Gasteiger partial charge in [0.1, 0.15) is 0 Å². The van der Waals surface area contributed by atoms with E-state index in [0.717, 1.165) is 6.92 Å². The van der Waals surface area contributed by atoms with Gasteiger partial charge >= 0.3 is 6.18 Å². The van der Waals surface area contributed by atoms with Crippen molar-refractivity contribution in [3.63, 3.8) is 0 Å². The average molecular weight is 546 g/mol. The first-order chi connectivity index (χ1) is 16.9. The Labute approximate surface area is 214 Å². The van der Waals surface area contributed by atoms with E-state index in [1.807, 2.05) is 11.0 Å². The Kier molecular flexibility index (Phi) is 7.94. The van der Waals surface area contributed by atoms with Crippen LogP contribution < -0.4 is 4.90 Å². The molecule has 2 aliphatic heterocycles. The summed E-state index contributed by atoms with van der Waals surface area (Å²) in [6.45, 7) is 4.69. The highest BCUT2D eigenvalue weighted by Gasteiger charge is 2.51. The average Bonchev–Trinajstić information content (AvgIpc) is 2.84. The summed E-state index contributed by atoms with van der Waals surface area (Å²) in [7, 11) is -3.78. The fourth-order valence-corrected chi connectivity index (χ4v) is 6.73. The number of halogens is 3. The number of hydrogen-bond donors (Lipinski definition) is 1. The van der Waals surface area contributed by atoms with Crippen LogP contribution in [0.3, 0.4) is 0 Å². The molecule has 0 saturated carbocycles. The van der Waals surface area contributed by atoms with Gasteiger partial charge < -0.3 is 14.7 Å². The van der Waals surface area contributed by atoms with Gasteiger partial charge in [0, 0.05) is 56.2 Å². The number of piperazine rings is 1. The second-order valence-electron chi connectivity index (χ2n) is 9.33. The zero-order valence-electron chi connectivity index (χ0n) is 19.9. The summed E-state index contributed by atoms with van der Waals surface area (Å²) in [5.74, 6) is 0. The van der Waals surface area contributed by atoms with Crippen molar-refractivity contribution >= 4 is 32.8 Å². The third-order valence-corrected chi connectivity index (χ3v) is 9.38. The Hall–Kier alpha value is -1.83. The standard InChI is InChI=1S/C24H30F3N3O4S2/c1-23(31,24(25,26)27)18-6-8-19(9-7-18)30-11-10-29(17-20(30)16-28-12-14-34-15-13-28)36(32,33)22-5-3-2-4-21(22)35/h2-3,5-9,20,31H,4,10-17H2,1H3/t20-,23-/m0/s1. The molecule has 1 aliphatic carbocycles. The number of nitrogens with zero attached hydrogens (tertiary/aromatic N) is 3. The van der Waals surface area contributed by atoms with Gasteiger partial charge in [0.05, 0.1) is 24.2 Å². The molecule has 1 aromatic rings. The second-order valence-corrected chi connectivity index (χ2v) is 11.7. The lowest BCUT2D eigenvalue weighted by Crippen LogP contribution is -2.59. The van der Waals surface area contributed by atoms with Gasteiger partial charge in [-0.15, -0.1) is 0 Å². The Morgan fingerprint density at radius 2 is 1.78 bits per heavy atom. The Balaban J connectivity index is 1.59. The first-order valence-corrected chi connectivity index (χ1v) is 13.6. The van der Waals surface area contributed by atoms with E-state index >= 15 is 0 Å². The molecule has 7 nitrogen and oxygen atoms in total. The summed E-state index contributed by atoms with van der Waals surface area (Å²) in [6.07, 6.45) is 0.653. The quantitative estimate of drug-likeness (QED) is 0.552. The number of morpholine rings is 1.